The molecule has 0 amide bonds. The van der Waals surface area contributed by atoms with Crippen LogP contribution in [-0.4, -0.2) is 48.8 Å². The molecule has 0 aromatic heterocycles. The maximum Gasteiger partial charge on any atom is 0.128 e. The first-order chi connectivity index (χ1) is 11.3. The molecule has 0 saturated carbocycles. The number of piperazine rings is 1. The van der Waals surface area contributed by atoms with Gasteiger partial charge in [-0.2, -0.15) is 0 Å². The zero-order valence-electron chi connectivity index (χ0n) is 16.1. The van der Waals surface area contributed by atoms with Gasteiger partial charge in [0, 0.05) is 43.3 Å². The minimum absolute atomic E-state index is 0.0245. The number of aliphatic hydroxyl groups excluding tert-OH is 1. The molecule has 2 unspecified atom stereocenters. The van der Waals surface area contributed by atoms with Crippen LogP contribution >= 0.6 is 0 Å². The van der Waals surface area contributed by atoms with E-state index in [1.807, 2.05) is 6.92 Å². The number of ether oxygens (including phenoxy) is 1. The van der Waals surface area contributed by atoms with Crippen molar-refractivity contribution in [2.75, 3.05) is 32.8 Å². The summed E-state index contributed by atoms with van der Waals surface area (Å²) in [6.07, 6.45) is -0.550. The summed E-state index contributed by atoms with van der Waals surface area (Å²) in [4.78, 5) is 2.36. The lowest BCUT2D eigenvalue weighted by atomic mass is 9.82. The van der Waals surface area contributed by atoms with Crippen LogP contribution in [0.3, 0.4) is 0 Å². The Kier molecular flexibility index (Phi) is 6.29. The van der Waals surface area contributed by atoms with Crippen LogP contribution in [0.25, 0.3) is 0 Å². The second kappa shape index (κ2) is 7.85. The standard InChI is InChI=1S/C20H34N2O2/c1-7-24-19-16(12-14(2)13-17(19)20(4,5)6)18(23)15(3)22-10-8-21-9-11-22/h12-13,15,18,21,23H,7-11H2,1-6H3. The molecular formula is C20H34N2O2. The van der Waals surface area contributed by atoms with Gasteiger partial charge < -0.3 is 15.2 Å². The summed E-state index contributed by atoms with van der Waals surface area (Å²) >= 11 is 0. The summed E-state index contributed by atoms with van der Waals surface area (Å²) in [6.45, 7) is 17.3. The fraction of sp³-hybridized carbons (Fsp3) is 0.700. The summed E-state index contributed by atoms with van der Waals surface area (Å²) in [7, 11) is 0. The molecule has 1 aromatic carbocycles. The molecule has 2 N–H and O–H groups in total. The average molecular weight is 335 g/mol. The molecule has 2 atom stereocenters. The second-order valence-electron chi connectivity index (χ2n) is 7.89. The first-order valence-electron chi connectivity index (χ1n) is 9.16. The van der Waals surface area contributed by atoms with E-state index in [4.69, 9.17) is 4.74 Å². The highest BCUT2D eigenvalue weighted by Crippen LogP contribution is 2.39. The molecule has 0 bridgehead atoms. The summed E-state index contributed by atoms with van der Waals surface area (Å²) in [5, 5.41) is 14.5. The van der Waals surface area contributed by atoms with Crippen LogP contribution in [-0.2, 0) is 5.41 Å². The number of rotatable bonds is 5. The summed E-state index contributed by atoms with van der Waals surface area (Å²) in [5.74, 6) is 0.866. The summed E-state index contributed by atoms with van der Waals surface area (Å²) < 4.78 is 6.02. The van der Waals surface area contributed by atoms with Gasteiger partial charge in [0.1, 0.15) is 5.75 Å². The van der Waals surface area contributed by atoms with E-state index in [0.29, 0.717) is 6.61 Å². The van der Waals surface area contributed by atoms with Gasteiger partial charge in [-0.3, -0.25) is 4.90 Å². The third-order valence-electron chi connectivity index (χ3n) is 4.86. The zero-order valence-corrected chi connectivity index (χ0v) is 16.1. The highest BCUT2D eigenvalue weighted by Gasteiger charge is 2.30. The number of hydrogen-bond donors (Lipinski definition) is 2. The Hall–Kier alpha value is -1.10. The van der Waals surface area contributed by atoms with Gasteiger partial charge in [-0.25, -0.2) is 0 Å². The van der Waals surface area contributed by atoms with Gasteiger partial charge >= 0.3 is 0 Å². The first-order valence-corrected chi connectivity index (χ1v) is 9.16. The maximum absolute atomic E-state index is 11.1. The van der Waals surface area contributed by atoms with Crippen LogP contribution in [0.15, 0.2) is 12.1 Å². The minimum Gasteiger partial charge on any atom is -0.493 e. The van der Waals surface area contributed by atoms with Crippen molar-refractivity contribution in [3.05, 3.63) is 28.8 Å². The van der Waals surface area contributed by atoms with Crippen LogP contribution < -0.4 is 10.1 Å². The zero-order chi connectivity index (χ0) is 17.9. The smallest absolute Gasteiger partial charge is 0.128 e. The molecule has 0 aliphatic carbocycles. The predicted octanol–water partition coefficient (Wildman–Crippen LogP) is 3.02. The van der Waals surface area contributed by atoms with Crippen LogP contribution in [0.5, 0.6) is 5.75 Å². The molecule has 1 heterocycles. The van der Waals surface area contributed by atoms with E-state index in [9.17, 15) is 5.11 Å². The van der Waals surface area contributed by atoms with E-state index in [1.54, 1.807) is 0 Å². The number of nitrogens with zero attached hydrogens (tertiary/aromatic N) is 1. The number of aryl methyl sites for hydroxylation is 1. The Bertz CT molecular complexity index is 545. The third-order valence-corrected chi connectivity index (χ3v) is 4.86. The summed E-state index contributed by atoms with van der Waals surface area (Å²) in [6, 6.07) is 4.35. The molecule has 136 valence electrons. The van der Waals surface area contributed by atoms with Crippen molar-refractivity contribution in [2.45, 2.75) is 59.1 Å². The lowest BCUT2D eigenvalue weighted by Gasteiger charge is -2.36. The molecule has 4 nitrogen and oxygen atoms in total. The molecule has 1 aliphatic rings. The fourth-order valence-corrected chi connectivity index (χ4v) is 3.43. The van der Waals surface area contributed by atoms with Gasteiger partial charge in [-0.1, -0.05) is 32.4 Å². The number of nitrogens with one attached hydrogen (secondary N) is 1. The first kappa shape index (κ1) is 19.2. The van der Waals surface area contributed by atoms with Crippen molar-refractivity contribution in [3.63, 3.8) is 0 Å². The molecule has 24 heavy (non-hydrogen) atoms. The highest BCUT2D eigenvalue weighted by atomic mass is 16.5. The van der Waals surface area contributed by atoms with Crippen LogP contribution in [0.4, 0.5) is 0 Å². The lowest BCUT2D eigenvalue weighted by Crippen LogP contribution is -2.49. The van der Waals surface area contributed by atoms with Gasteiger partial charge in [0.2, 0.25) is 0 Å². The number of hydrogen-bond acceptors (Lipinski definition) is 4. The maximum atomic E-state index is 11.1. The molecule has 0 radical (unpaired) electrons. The van der Waals surface area contributed by atoms with Crippen molar-refractivity contribution in [2.24, 2.45) is 0 Å². The molecular weight excluding hydrogens is 300 g/mol. The Morgan fingerprint density at radius 2 is 1.88 bits per heavy atom. The Morgan fingerprint density at radius 1 is 1.25 bits per heavy atom. The van der Waals surface area contributed by atoms with Gasteiger partial charge in [-0.15, -0.1) is 0 Å². The Morgan fingerprint density at radius 3 is 2.42 bits per heavy atom. The molecule has 1 aromatic rings. The predicted molar refractivity (Wildman–Crippen MR) is 99.9 cm³/mol. The molecule has 1 aliphatic heterocycles. The fourth-order valence-electron chi connectivity index (χ4n) is 3.43. The highest BCUT2D eigenvalue weighted by molar-refractivity contribution is 5.49. The van der Waals surface area contributed by atoms with Gasteiger partial charge in [0.25, 0.3) is 0 Å². The topological polar surface area (TPSA) is 44.7 Å². The molecule has 0 spiro atoms. The normalized spacial score (nSPS) is 19.1. The monoisotopic (exact) mass is 334 g/mol. The minimum atomic E-state index is -0.550. The largest absolute Gasteiger partial charge is 0.493 e. The van der Waals surface area contributed by atoms with Crippen molar-refractivity contribution in [1.82, 2.24) is 10.2 Å². The quantitative estimate of drug-likeness (QED) is 0.869. The van der Waals surface area contributed by atoms with Crippen molar-refractivity contribution >= 4 is 0 Å². The Balaban J connectivity index is 2.41. The molecule has 1 saturated heterocycles. The van der Waals surface area contributed by atoms with Crippen molar-refractivity contribution in [3.8, 4) is 5.75 Å². The van der Waals surface area contributed by atoms with E-state index < -0.39 is 6.10 Å². The third kappa shape index (κ3) is 4.29. The summed E-state index contributed by atoms with van der Waals surface area (Å²) in [5.41, 5.74) is 3.24. The molecule has 2 rings (SSSR count). The van der Waals surface area contributed by atoms with Crippen molar-refractivity contribution in [1.29, 1.82) is 0 Å². The van der Waals surface area contributed by atoms with Crippen LogP contribution in [0, 0.1) is 6.92 Å². The van der Waals surface area contributed by atoms with Gasteiger partial charge in [0.05, 0.1) is 12.7 Å². The van der Waals surface area contributed by atoms with E-state index in [0.717, 1.165) is 37.5 Å². The van der Waals surface area contributed by atoms with Crippen molar-refractivity contribution < 1.29 is 9.84 Å². The van der Waals surface area contributed by atoms with E-state index in [2.05, 4.69) is 57.0 Å². The average Bonchev–Trinajstić information content (AvgIpc) is 2.54. The lowest BCUT2D eigenvalue weighted by molar-refractivity contribution is 0.0489. The second-order valence-corrected chi connectivity index (χ2v) is 7.89. The van der Waals surface area contributed by atoms with Gasteiger partial charge in [0.15, 0.2) is 0 Å². The molecule has 1 fully saturated rings. The number of benzene rings is 1. The van der Waals surface area contributed by atoms with E-state index in [1.165, 1.54) is 11.1 Å². The number of aliphatic hydroxyl groups is 1. The van der Waals surface area contributed by atoms with Gasteiger partial charge in [-0.05, 0) is 32.3 Å². The SMILES string of the molecule is CCOc1c(C(O)C(C)N2CCNCC2)cc(C)cc1C(C)(C)C. The van der Waals surface area contributed by atoms with E-state index >= 15 is 0 Å². The Labute approximate surface area is 147 Å². The molecule has 4 heteroatoms. The van der Waals surface area contributed by atoms with Crippen LogP contribution in [0.1, 0.15) is 57.4 Å². The van der Waals surface area contributed by atoms with E-state index in [-0.39, 0.29) is 11.5 Å². The van der Waals surface area contributed by atoms with Crippen LogP contribution in [0.2, 0.25) is 0 Å².